The number of carboxylic acid groups (broad SMARTS) is 1. The van der Waals surface area contributed by atoms with E-state index in [1.54, 1.807) is 17.0 Å². The van der Waals surface area contributed by atoms with E-state index in [0.717, 1.165) is 36.1 Å². The van der Waals surface area contributed by atoms with Gasteiger partial charge in [0.25, 0.3) is 0 Å². The van der Waals surface area contributed by atoms with E-state index >= 15 is 0 Å². The minimum absolute atomic E-state index is 0.0286. The fourth-order valence-corrected chi connectivity index (χ4v) is 4.94. The molecule has 1 heterocycles. The first-order chi connectivity index (χ1) is 13.3. The zero-order chi connectivity index (χ0) is 20.4. The van der Waals surface area contributed by atoms with Crippen molar-refractivity contribution >= 4 is 40.5 Å². The molecule has 0 aliphatic heterocycles. The summed E-state index contributed by atoms with van der Waals surface area (Å²) in [5.41, 5.74) is 1.40. The van der Waals surface area contributed by atoms with Crippen LogP contribution in [-0.4, -0.2) is 23.0 Å². The Morgan fingerprint density at radius 3 is 2.29 bits per heavy atom. The average Bonchev–Trinajstić information content (AvgIpc) is 3.07. The molecular formula is C22H26ClNO3S. The first-order valence-electron chi connectivity index (χ1n) is 9.74. The predicted octanol–water partition coefficient (Wildman–Crippen LogP) is 6.33. The molecule has 0 saturated heterocycles. The number of hydrogen-bond donors (Lipinski definition) is 1. The molecule has 1 fully saturated rings. The molecule has 1 amide bonds. The molecule has 0 radical (unpaired) electrons. The lowest BCUT2D eigenvalue weighted by Gasteiger charge is -2.33. The summed E-state index contributed by atoms with van der Waals surface area (Å²) in [6.07, 6.45) is 3.85. The van der Waals surface area contributed by atoms with Gasteiger partial charge in [0.2, 0.25) is 5.91 Å². The highest BCUT2D eigenvalue weighted by atomic mass is 35.5. The lowest BCUT2D eigenvalue weighted by Crippen LogP contribution is -2.42. The second-order valence-corrected chi connectivity index (χ2v) is 9.38. The van der Waals surface area contributed by atoms with E-state index in [4.69, 9.17) is 11.6 Å². The van der Waals surface area contributed by atoms with Crippen LogP contribution in [0.3, 0.4) is 0 Å². The molecule has 0 atom stereocenters. The fourth-order valence-electron chi connectivity index (χ4n) is 3.83. The van der Waals surface area contributed by atoms with Gasteiger partial charge in [-0.05, 0) is 69.2 Å². The fraction of sp³-hybridized carbons (Fsp3) is 0.455. The normalized spacial score (nSPS) is 19.6. The Balaban J connectivity index is 1.99. The van der Waals surface area contributed by atoms with Crippen LogP contribution in [-0.2, 0) is 4.79 Å². The quantitative estimate of drug-likeness (QED) is 0.615. The van der Waals surface area contributed by atoms with Crippen LogP contribution in [0.2, 0.25) is 5.02 Å². The zero-order valence-corrected chi connectivity index (χ0v) is 18.0. The first-order valence-corrected chi connectivity index (χ1v) is 10.9. The van der Waals surface area contributed by atoms with Gasteiger partial charge in [-0.15, -0.1) is 11.3 Å². The number of carboxylic acids is 1. The Kier molecular flexibility index (Phi) is 6.46. The molecule has 1 N–H and O–H groups in total. The summed E-state index contributed by atoms with van der Waals surface area (Å²) in [6.45, 7) is 6.10. The van der Waals surface area contributed by atoms with Gasteiger partial charge in [0.05, 0.1) is 5.69 Å². The summed E-state index contributed by atoms with van der Waals surface area (Å²) < 4.78 is 0. The maximum atomic E-state index is 13.3. The van der Waals surface area contributed by atoms with Crippen molar-refractivity contribution in [1.82, 2.24) is 0 Å². The van der Waals surface area contributed by atoms with Gasteiger partial charge in [-0.1, -0.05) is 30.7 Å². The molecule has 1 aliphatic carbocycles. The number of carbonyl (C=O) groups is 2. The number of aromatic carboxylic acids is 1. The van der Waals surface area contributed by atoms with Gasteiger partial charge in [0.1, 0.15) is 4.88 Å². The number of hydrogen-bond acceptors (Lipinski definition) is 3. The van der Waals surface area contributed by atoms with E-state index in [1.165, 1.54) is 11.3 Å². The summed E-state index contributed by atoms with van der Waals surface area (Å²) in [4.78, 5) is 28.0. The molecule has 1 aromatic heterocycles. The SMILES string of the molecule is CC1CCC(C(=O)N(c2cc(-c3ccc(Cl)cc3)sc2C(=O)O)C(C)C)CC1. The van der Waals surface area contributed by atoms with Crippen LogP contribution in [0.4, 0.5) is 5.69 Å². The zero-order valence-electron chi connectivity index (χ0n) is 16.4. The number of carbonyl (C=O) groups excluding carboxylic acids is 1. The van der Waals surface area contributed by atoms with Crippen LogP contribution in [0.5, 0.6) is 0 Å². The third-order valence-electron chi connectivity index (χ3n) is 5.41. The molecular weight excluding hydrogens is 394 g/mol. The largest absolute Gasteiger partial charge is 0.477 e. The van der Waals surface area contributed by atoms with Crippen LogP contribution in [0, 0.1) is 11.8 Å². The monoisotopic (exact) mass is 419 g/mol. The number of halogens is 1. The number of anilines is 1. The van der Waals surface area contributed by atoms with Crippen LogP contribution in [0.25, 0.3) is 10.4 Å². The molecule has 0 spiro atoms. The highest BCUT2D eigenvalue weighted by Gasteiger charge is 2.33. The van der Waals surface area contributed by atoms with Gasteiger partial charge in [0, 0.05) is 21.9 Å². The van der Waals surface area contributed by atoms with Crippen molar-refractivity contribution in [3.63, 3.8) is 0 Å². The van der Waals surface area contributed by atoms with Gasteiger partial charge >= 0.3 is 5.97 Å². The lowest BCUT2D eigenvalue weighted by atomic mass is 9.82. The Morgan fingerprint density at radius 1 is 1.14 bits per heavy atom. The number of benzene rings is 1. The summed E-state index contributed by atoms with van der Waals surface area (Å²) in [7, 11) is 0. The van der Waals surface area contributed by atoms with E-state index in [9.17, 15) is 14.7 Å². The Labute approximate surface area is 175 Å². The van der Waals surface area contributed by atoms with Crippen molar-refractivity contribution in [3.8, 4) is 10.4 Å². The summed E-state index contributed by atoms with van der Waals surface area (Å²) in [5, 5.41) is 10.4. The lowest BCUT2D eigenvalue weighted by molar-refractivity contribution is -0.123. The van der Waals surface area contributed by atoms with E-state index in [0.29, 0.717) is 16.6 Å². The topological polar surface area (TPSA) is 57.6 Å². The van der Waals surface area contributed by atoms with Gasteiger partial charge in [-0.2, -0.15) is 0 Å². The molecule has 6 heteroatoms. The van der Waals surface area contributed by atoms with Gasteiger partial charge < -0.3 is 10.0 Å². The molecule has 150 valence electrons. The Bertz CT molecular complexity index is 851. The molecule has 1 aliphatic rings. The van der Waals surface area contributed by atoms with E-state index < -0.39 is 5.97 Å². The third kappa shape index (κ3) is 4.41. The number of nitrogens with zero attached hydrogens (tertiary/aromatic N) is 1. The summed E-state index contributed by atoms with van der Waals surface area (Å²) in [5.74, 6) is -0.330. The number of thiophene rings is 1. The van der Waals surface area contributed by atoms with Gasteiger partial charge in [-0.25, -0.2) is 4.79 Å². The molecule has 0 bridgehead atoms. The van der Waals surface area contributed by atoms with E-state index in [1.807, 2.05) is 32.0 Å². The molecule has 0 unspecified atom stereocenters. The Morgan fingerprint density at radius 2 is 1.75 bits per heavy atom. The van der Waals surface area contributed by atoms with Crippen molar-refractivity contribution in [2.75, 3.05) is 4.90 Å². The van der Waals surface area contributed by atoms with E-state index in [-0.39, 0.29) is 22.7 Å². The highest BCUT2D eigenvalue weighted by Crippen LogP contribution is 2.40. The van der Waals surface area contributed by atoms with Gasteiger partial charge in [-0.3, -0.25) is 4.79 Å². The predicted molar refractivity (Wildman–Crippen MR) is 115 cm³/mol. The Hall–Kier alpha value is -1.85. The maximum Gasteiger partial charge on any atom is 0.348 e. The second-order valence-electron chi connectivity index (χ2n) is 7.90. The average molecular weight is 420 g/mol. The summed E-state index contributed by atoms with van der Waals surface area (Å²) in [6, 6.07) is 9.02. The molecule has 1 aromatic carbocycles. The van der Waals surface area contributed by atoms with Crippen molar-refractivity contribution in [2.24, 2.45) is 11.8 Å². The first kappa shape index (κ1) is 20.9. The molecule has 2 aromatic rings. The minimum Gasteiger partial charge on any atom is -0.477 e. The van der Waals surface area contributed by atoms with Crippen molar-refractivity contribution < 1.29 is 14.7 Å². The number of amides is 1. The van der Waals surface area contributed by atoms with Crippen LogP contribution >= 0.6 is 22.9 Å². The molecule has 28 heavy (non-hydrogen) atoms. The standard InChI is InChI=1S/C22H26ClNO3S/c1-13(2)24(21(25)16-6-4-14(3)5-7-16)18-12-19(28-20(18)22(26)27)15-8-10-17(23)11-9-15/h8-14,16H,4-7H2,1-3H3,(H,26,27). The second kappa shape index (κ2) is 8.66. The highest BCUT2D eigenvalue weighted by molar-refractivity contribution is 7.18. The summed E-state index contributed by atoms with van der Waals surface area (Å²) >= 11 is 7.17. The minimum atomic E-state index is -1.00. The third-order valence-corrected chi connectivity index (χ3v) is 6.83. The molecule has 4 nitrogen and oxygen atoms in total. The van der Waals surface area contributed by atoms with E-state index in [2.05, 4.69) is 6.92 Å². The van der Waals surface area contributed by atoms with Crippen molar-refractivity contribution in [2.45, 2.75) is 52.5 Å². The van der Waals surface area contributed by atoms with Gasteiger partial charge in [0.15, 0.2) is 0 Å². The molecule has 3 rings (SSSR count). The van der Waals surface area contributed by atoms with Crippen LogP contribution < -0.4 is 4.90 Å². The van der Waals surface area contributed by atoms with Crippen LogP contribution in [0.1, 0.15) is 56.1 Å². The van der Waals surface area contributed by atoms with Crippen molar-refractivity contribution in [1.29, 1.82) is 0 Å². The van der Waals surface area contributed by atoms with Crippen molar-refractivity contribution in [3.05, 3.63) is 40.2 Å². The number of rotatable bonds is 5. The molecule has 1 saturated carbocycles. The maximum absolute atomic E-state index is 13.3. The van der Waals surface area contributed by atoms with Crippen LogP contribution in [0.15, 0.2) is 30.3 Å². The smallest absolute Gasteiger partial charge is 0.348 e.